The van der Waals surface area contributed by atoms with Gasteiger partial charge in [0, 0.05) is 6.92 Å². The molecule has 0 spiro atoms. The molecule has 1 saturated heterocycles. The molecular formula is C7H13N3O5. The lowest BCUT2D eigenvalue weighted by atomic mass is 10.1. The molecule has 0 amide bonds. The summed E-state index contributed by atoms with van der Waals surface area (Å²) in [5.74, 6) is -0.514. The highest BCUT2D eigenvalue weighted by atomic mass is 16.8. The second-order valence-corrected chi connectivity index (χ2v) is 3.01. The first-order valence-corrected chi connectivity index (χ1v) is 4.46. The van der Waals surface area contributed by atoms with E-state index in [0.29, 0.717) is 6.54 Å². The Kier molecular flexibility index (Phi) is 4.10. The molecule has 1 aliphatic rings. The van der Waals surface area contributed by atoms with Gasteiger partial charge in [0.05, 0.1) is 18.1 Å². The highest BCUT2D eigenvalue weighted by Gasteiger charge is 2.34. The molecule has 0 aromatic carbocycles. The van der Waals surface area contributed by atoms with Gasteiger partial charge in [-0.05, 0) is 6.42 Å². The van der Waals surface area contributed by atoms with Crippen molar-refractivity contribution in [3.8, 4) is 0 Å². The Morgan fingerprint density at radius 1 is 1.80 bits per heavy atom. The van der Waals surface area contributed by atoms with Crippen LogP contribution in [0.15, 0.2) is 5.28 Å². The summed E-state index contributed by atoms with van der Waals surface area (Å²) in [6.07, 6.45) is 0.745. The van der Waals surface area contributed by atoms with Crippen LogP contribution in [-0.4, -0.2) is 47.0 Å². The standard InChI is InChI=1S/C7H13N3O5/c1-6(12)14-5-15-8-10(13)9-3-2-7(9)4-11/h7,11H,2-5H2,1H3/t7-/m0/s1. The Balaban J connectivity index is 2.24. The zero-order valence-corrected chi connectivity index (χ0v) is 8.33. The van der Waals surface area contributed by atoms with Crippen LogP contribution < -0.4 is 0 Å². The van der Waals surface area contributed by atoms with Crippen molar-refractivity contribution < 1.29 is 24.4 Å². The van der Waals surface area contributed by atoms with Crippen molar-refractivity contribution in [2.75, 3.05) is 19.9 Å². The second kappa shape index (κ2) is 5.35. The van der Waals surface area contributed by atoms with Gasteiger partial charge >= 0.3 is 5.97 Å². The summed E-state index contributed by atoms with van der Waals surface area (Å²) in [4.78, 5) is 15.0. The fourth-order valence-electron chi connectivity index (χ4n) is 1.07. The van der Waals surface area contributed by atoms with Crippen molar-refractivity contribution in [3.05, 3.63) is 5.21 Å². The van der Waals surface area contributed by atoms with Gasteiger partial charge in [0.2, 0.25) is 5.28 Å². The molecular weight excluding hydrogens is 206 g/mol. The summed E-state index contributed by atoms with van der Waals surface area (Å²) >= 11 is 0. The smallest absolute Gasteiger partial charge is 0.305 e. The number of hydrogen-bond acceptors (Lipinski definition) is 6. The van der Waals surface area contributed by atoms with E-state index in [0.717, 1.165) is 6.42 Å². The maximum atomic E-state index is 11.1. The van der Waals surface area contributed by atoms with Gasteiger partial charge in [0.15, 0.2) is 0 Å². The van der Waals surface area contributed by atoms with Crippen molar-refractivity contribution in [1.29, 1.82) is 0 Å². The Labute approximate surface area is 86.2 Å². The monoisotopic (exact) mass is 219 g/mol. The molecule has 1 aliphatic heterocycles. The largest absolute Gasteiger partial charge is 0.569 e. The van der Waals surface area contributed by atoms with E-state index < -0.39 is 12.8 Å². The highest BCUT2D eigenvalue weighted by molar-refractivity contribution is 5.65. The van der Waals surface area contributed by atoms with E-state index in [-0.39, 0.29) is 17.6 Å². The lowest BCUT2D eigenvalue weighted by Gasteiger charge is -2.33. The van der Waals surface area contributed by atoms with Gasteiger partial charge in [-0.2, -0.15) is 0 Å². The Morgan fingerprint density at radius 3 is 3.00 bits per heavy atom. The number of nitrogens with zero attached hydrogens (tertiary/aromatic N) is 3. The maximum absolute atomic E-state index is 11.1. The zero-order valence-electron chi connectivity index (χ0n) is 8.33. The van der Waals surface area contributed by atoms with Gasteiger partial charge in [-0.15, -0.1) is 5.01 Å². The minimum atomic E-state index is -0.514. The summed E-state index contributed by atoms with van der Waals surface area (Å²) in [5, 5.41) is 24.4. The van der Waals surface area contributed by atoms with E-state index in [1.54, 1.807) is 0 Å². The second-order valence-electron chi connectivity index (χ2n) is 3.01. The van der Waals surface area contributed by atoms with Gasteiger partial charge in [0.25, 0.3) is 6.79 Å². The van der Waals surface area contributed by atoms with Gasteiger partial charge in [0.1, 0.15) is 6.04 Å². The molecule has 0 saturated carbocycles. The number of carbonyl (C=O) groups excluding carboxylic acids is 1. The lowest BCUT2D eigenvalue weighted by Crippen LogP contribution is -2.53. The lowest BCUT2D eigenvalue weighted by molar-refractivity contribution is -0.732. The zero-order chi connectivity index (χ0) is 11.3. The molecule has 0 radical (unpaired) electrons. The predicted molar refractivity (Wildman–Crippen MR) is 46.0 cm³/mol. The normalized spacial score (nSPS) is 20.8. The van der Waals surface area contributed by atoms with Gasteiger partial charge in [-0.3, -0.25) is 4.79 Å². The van der Waals surface area contributed by atoms with Crippen molar-refractivity contribution in [1.82, 2.24) is 5.01 Å². The quantitative estimate of drug-likeness (QED) is 0.165. The van der Waals surface area contributed by atoms with E-state index in [9.17, 15) is 10.0 Å². The fourth-order valence-corrected chi connectivity index (χ4v) is 1.07. The van der Waals surface area contributed by atoms with Crippen LogP contribution in [0.1, 0.15) is 13.3 Å². The van der Waals surface area contributed by atoms with E-state index >= 15 is 0 Å². The molecule has 1 rings (SSSR count). The van der Waals surface area contributed by atoms with Crippen LogP contribution >= 0.6 is 0 Å². The number of aliphatic hydroxyl groups is 1. The minimum absolute atomic E-state index is 0.0990. The van der Waals surface area contributed by atoms with Crippen LogP contribution in [0.3, 0.4) is 0 Å². The maximum Gasteiger partial charge on any atom is 0.305 e. The molecule has 0 aromatic rings. The number of hydrazine groups is 1. The summed E-state index contributed by atoms with van der Waals surface area (Å²) < 4.78 is 4.39. The van der Waals surface area contributed by atoms with Gasteiger partial charge in [-0.1, -0.05) is 0 Å². The third-order valence-corrected chi connectivity index (χ3v) is 1.99. The number of hydrogen-bond donors (Lipinski definition) is 1. The molecule has 0 aliphatic carbocycles. The molecule has 8 nitrogen and oxygen atoms in total. The Morgan fingerprint density at radius 2 is 2.53 bits per heavy atom. The van der Waals surface area contributed by atoms with Crippen molar-refractivity contribution in [3.63, 3.8) is 0 Å². The van der Waals surface area contributed by atoms with E-state index in [1.807, 2.05) is 0 Å². The number of rotatable bonds is 5. The van der Waals surface area contributed by atoms with Crippen LogP contribution in [0, 0.1) is 5.21 Å². The van der Waals surface area contributed by atoms with Crippen molar-refractivity contribution >= 4 is 5.97 Å². The average Bonchev–Trinajstić information content (AvgIpc) is 2.11. The van der Waals surface area contributed by atoms with Crippen molar-refractivity contribution in [2.24, 2.45) is 5.28 Å². The molecule has 15 heavy (non-hydrogen) atoms. The minimum Gasteiger partial charge on any atom is -0.569 e. The highest BCUT2D eigenvalue weighted by Crippen LogP contribution is 2.16. The third kappa shape index (κ3) is 3.24. The number of esters is 1. The SMILES string of the molecule is CC(=O)OCON=[N+]([O-])N1CC[C@H]1CO. The predicted octanol–water partition coefficient (Wildman–Crippen LogP) is -0.617. The average molecular weight is 219 g/mol. The molecule has 1 heterocycles. The van der Waals surface area contributed by atoms with Crippen LogP contribution in [0.25, 0.3) is 0 Å². The Hall–Kier alpha value is -1.57. The fraction of sp³-hybridized carbons (Fsp3) is 0.857. The van der Waals surface area contributed by atoms with Crippen LogP contribution in [0.5, 0.6) is 0 Å². The van der Waals surface area contributed by atoms with E-state index in [1.165, 1.54) is 11.9 Å². The molecule has 86 valence electrons. The molecule has 1 atom stereocenters. The molecule has 0 bridgehead atoms. The Bertz CT molecular complexity index is 255. The first kappa shape index (κ1) is 11.5. The molecule has 0 aromatic heterocycles. The molecule has 8 heteroatoms. The van der Waals surface area contributed by atoms with Gasteiger partial charge < -0.3 is 19.9 Å². The molecule has 1 fully saturated rings. The first-order valence-electron chi connectivity index (χ1n) is 4.46. The summed E-state index contributed by atoms with van der Waals surface area (Å²) in [6.45, 7) is 1.24. The summed E-state index contributed by atoms with van der Waals surface area (Å²) in [6, 6.07) is -0.205. The number of aliphatic hydroxyl groups excluding tert-OH is 1. The van der Waals surface area contributed by atoms with E-state index in [4.69, 9.17) is 5.11 Å². The third-order valence-electron chi connectivity index (χ3n) is 1.99. The van der Waals surface area contributed by atoms with Crippen molar-refractivity contribution in [2.45, 2.75) is 19.4 Å². The number of ether oxygens (including phenoxy) is 1. The molecule has 0 unspecified atom stereocenters. The first-order chi connectivity index (χ1) is 7.15. The van der Waals surface area contributed by atoms with Gasteiger partial charge in [-0.25, -0.2) is 0 Å². The van der Waals surface area contributed by atoms with Crippen LogP contribution in [0.4, 0.5) is 0 Å². The summed E-state index contributed by atoms with van der Waals surface area (Å²) in [7, 11) is 0. The molecule has 1 N–H and O–H groups in total. The van der Waals surface area contributed by atoms with Crippen LogP contribution in [0.2, 0.25) is 0 Å². The number of carbonyl (C=O) groups is 1. The summed E-state index contributed by atoms with van der Waals surface area (Å²) in [5.41, 5.74) is 0. The van der Waals surface area contributed by atoms with Crippen LogP contribution in [-0.2, 0) is 14.4 Å². The van der Waals surface area contributed by atoms with E-state index in [2.05, 4.69) is 14.9 Å². The topological polar surface area (TPSA) is 97.4 Å².